The van der Waals surface area contributed by atoms with E-state index in [1.165, 1.54) is 21.3 Å². The monoisotopic (exact) mass is 442 g/mol. The second kappa shape index (κ2) is 8.48. The number of carbonyl (C=O) groups excluding carboxylic acids is 1. The number of ether oxygens (including phenoxy) is 1. The van der Waals surface area contributed by atoms with Crippen molar-refractivity contribution in [3.05, 3.63) is 65.8 Å². The van der Waals surface area contributed by atoms with Crippen LogP contribution < -0.4 is 9.64 Å². The molecule has 2 aromatic carbocycles. The van der Waals surface area contributed by atoms with Gasteiger partial charge in [0.2, 0.25) is 15.9 Å². The maximum Gasteiger partial charge on any atom is 0.265 e. The number of benzene rings is 2. The molecule has 0 saturated carbocycles. The zero-order valence-electron chi connectivity index (χ0n) is 17.2. The van der Waals surface area contributed by atoms with Gasteiger partial charge in [0.1, 0.15) is 5.75 Å². The van der Waals surface area contributed by atoms with Crippen LogP contribution in [0.15, 0.2) is 57.9 Å². The van der Waals surface area contributed by atoms with Crippen molar-refractivity contribution in [3.63, 3.8) is 0 Å². The summed E-state index contributed by atoms with van der Waals surface area (Å²) in [5, 5.41) is 3.83. The summed E-state index contributed by atoms with van der Waals surface area (Å²) >= 11 is 0. The van der Waals surface area contributed by atoms with Gasteiger partial charge in [-0.25, -0.2) is 8.42 Å². The van der Waals surface area contributed by atoms with Crippen LogP contribution in [0.1, 0.15) is 24.2 Å². The summed E-state index contributed by atoms with van der Waals surface area (Å²) in [6, 6.07) is 13.9. The van der Waals surface area contributed by atoms with Gasteiger partial charge in [0, 0.05) is 20.0 Å². The van der Waals surface area contributed by atoms with Crippen LogP contribution >= 0.6 is 0 Å². The minimum Gasteiger partial charge on any atom is -0.482 e. The van der Waals surface area contributed by atoms with Crippen molar-refractivity contribution in [3.8, 4) is 5.75 Å². The maximum atomic E-state index is 13.3. The number of sulfonamides is 1. The van der Waals surface area contributed by atoms with Crippen molar-refractivity contribution in [2.75, 3.05) is 18.1 Å². The molecule has 2 heterocycles. The lowest BCUT2D eigenvalue weighted by Gasteiger charge is -2.29. The predicted molar refractivity (Wildman–Crippen MR) is 112 cm³/mol. The zero-order chi connectivity index (χ0) is 22.0. The van der Waals surface area contributed by atoms with Gasteiger partial charge < -0.3 is 9.26 Å². The fourth-order valence-electron chi connectivity index (χ4n) is 3.37. The van der Waals surface area contributed by atoms with Crippen molar-refractivity contribution in [1.82, 2.24) is 14.4 Å². The average Bonchev–Trinajstić information content (AvgIpc) is 3.19. The third kappa shape index (κ3) is 4.30. The number of aryl methyl sites for hydroxylation is 1. The van der Waals surface area contributed by atoms with Crippen LogP contribution in [0, 0.1) is 6.92 Å². The summed E-state index contributed by atoms with van der Waals surface area (Å²) in [5.74, 6) is 0.809. The Kier molecular flexibility index (Phi) is 5.75. The number of hydrogen-bond donors (Lipinski definition) is 0. The summed E-state index contributed by atoms with van der Waals surface area (Å²) in [6.07, 6.45) is 0. The molecule has 0 N–H and O–H groups in total. The summed E-state index contributed by atoms with van der Waals surface area (Å²) in [7, 11) is -3.80. The van der Waals surface area contributed by atoms with Gasteiger partial charge in [0.25, 0.3) is 5.91 Å². The number of hydrogen-bond acceptors (Lipinski definition) is 7. The normalized spacial score (nSPS) is 13.9. The highest BCUT2D eigenvalue weighted by Gasteiger charge is 2.30. The predicted octanol–water partition coefficient (Wildman–Crippen LogP) is 2.51. The standard InChI is InChI=1S/C21H22N4O5S/c1-3-24(12-16-7-5-4-6-8-16)31(27,28)17-9-10-19-18(11-17)25(21(26)14-29-19)13-20-22-15(2)30-23-20/h4-11H,3,12-14H2,1-2H3. The SMILES string of the molecule is CCN(Cc1ccccc1)S(=O)(=O)c1ccc2c(c1)N(Cc1noc(C)n1)C(=O)CO2. The van der Waals surface area contributed by atoms with Gasteiger partial charge in [-0.05, 0) is 23.8 Å². The number of aromatic nitrogens is 2. The molecule has 0 spiro atoms. The van der Waals surface area contributed by atoms with E-state index >= 15 is 0 Å². The van der Waals surface area contributed by atoms with Crippen LogP contribution in [-0.4, -0.2) is 41.9 Å². The topological polar surface area (TPSA) is 106 Å². The highest BCUT2D eigenvalue weighted by Crippen LogP contribution is 2.36. The van der Waals surface area contributed by atoms with E-state index in [0.29, 0.717) is 29.7 Å². The maximum absolute atomic E-state index is 13.3. The Hall–Kier alpha value is -3.24. The van der Waals surface area contributed by atoms with E-state index in [2.05, 4.69) is 10.1 Å². The van der Waals surface area contributed by atoms with E-state index < -0.39 is 10.0 Å². The molecular formula is C21H22N4O5S. The summed E-state index contributed by atoms with van der Waals surface area (Å²) < 4.78 is 38.6. The van der Waals surface area contributed by atoms with Gasteiger partial charge in [0.15, 0.2) is 12.4 Å². The molecule has 162 valence electrons. The third-order valence-corrected chi connectivity index (χ3v) is 6.85. The number of rotatable bonds is 7. The van der Waals surface area contributed by atoms with Crippen LogP contribution in [-0.2, 0) is 27.9 Å². The lowest BCUT2D eigenvalue weighted by atomic mass is 10.2. The number of anilines is 1. The number of amides is 1. The fourth-order valence-corrected chi connectivity index (χ4v) is 4.82. The molecule has 0 unspecified atom stereocenters. The summed E-state index contributed by atoms with van der Waals surface area (Å²) in [6.45, 7) is 3.90. The van der Waals surface area contributed by atoms with E-state index in [1.807, 2.05) is 30.3 Å². The molecule has 0 radical (unpaired) electrons. The Balaban J connectivity index is 1.67. The molecule has 3 aromatic rings. The van der Waals surface area contributed by atoms with Gasteiger partial charge in [0.05, 0.1) is 17.1 Å². The molecule has 0 aliphatic carbocycles. The minimum absolute atomic E-state index is 0.0531. The summed E-state index contributed by atoms with van der Waals surface area (Å²) in [5.41, 5.74) is 1.24. The van der Waals surface area contributed by atoms with Crippen LogP contribution in [0.4, 0.5) is 5.69 Å². The van der Waals surface area contributed by atoms with Gasteiger partial charge in [-0.15, -0.1) is 0 Å². The van der Waals surface area contributed by atoms with Gasteiger partial charge in [-0.2, -0.15) is 9.29 Å². The molecule has 1 aromatic heterocycles. The van der Waals surface area contributed by atoms with Gasteiger partial charge >= 0.3 is 0 Å². The third-order valence-electron chi connectivity index (χ3n) is 4.93. The average molecular weight is 442 g/mol. The zero-order valence-corrected chi connectivity index (χ0v) is 18.0. The highest BCUT2D eigenvalue weighted by molar-refractivity contribution is 7.89. The molecule has 1 aliphatic heterocycles. The smallest absolute Gasteiger partial charge is 0.265 e. The molecule has 4 rings (SSSR count). The second-order valence-corrected chi connectivity index (χ2v) is 8.98. The second-order valence-electron chi connectivity index (χ2n) is 7.04. The fraction of sp³-hybridized carbons (Fsp3) is 0.286. The van der Waals surface area contributed by atoms with Gasteiger partial charge in [-0.3, -0.25) is 9.69 Å². The van der Waals surface area contributed by atoms with Crippen LogP contribution in [0.2, 0.25) is 0 Å². The first-order chi connectivity index (χ1) is 14.9. The van der Waals surface area contributed by atoms with E-state index in [-0.39, 0.29) is 30.5 Å². The molecule has 0 fully saturated rings. The van der Waals surface area contributed by atoms with Crippen molar-refractivity contribution >= 4 is 21.6 Å². The molecule has 0 saturated heterocycles. The largest absolute Gasteiger partial charge is 0.482 e. The number of carbonyl (C=O) groups is 1. The van der Waals surface area contributed by atoms with Crippen molar-refractivity contribution < 1.29 is 22.5 Å². The molecular weight excluding hydrogens is 420 g/mol. The van der Waals surface area contributed by atoms with E-state index in [9.17, 15) is 13.2 Å². The van der Waals surface area contributed by atoms with Crippen LogP contribution in [0.5, 0.6) is 5.75 Å². The van der Waals surface area contributed by atoms with Gasteiger partial charge in [-0.1, -0.05) is 42.4 Å². The first-order valence-corrected chi connectivity index (χ1v) is 11.2. The Morgan fingerprint density at radius 1 is 1.16 bits per heavy atom. The Labute approximate surface area is 180 Å². The van der Waals surface area contributed by atoms with Crippen molar-refractivity contribution in [2.24, 2.45) is 0 Å². The molecule has 1 amide bonds. The molecule has 10 heteroatoms. The van der Waals surface area contributed by atoms with Crippen LogP contribution in [0.3, 0.4) is 0 Å². The van der Waals surface area contributed by atoms with Crippen molar-refractivity contribution in [1.29, 1.82) is 0 Å². The van der Waals surface area contributed by atoms with E-state index in [0.717, 1.165) is 5.56 Å². The minimum atomic E-state index is -3.80. The first-order valence-electron chi connectivity index (χ1n) is 9.79. The van der Waals surface area contributed by atoms with E-state index in [1.54, 1.807) is 19.9 Å². The Morgan fingerprint density at radius 2 is 1.94 bits per heavy atom. The quantitative estimate of drug-likeness (QED) is 0.553. The van der Waals surface area contributed by atoms with Crippen LogP contribution in [0.25, 0.3) is 0 Å². The molecule has 9 nitrogen and oxygen atoms in total. The Bertz CT molecular complexity index is 1190. The molecule has 0 bridgehead atoms. The Morgan fingerprint density at radius 3 is 2.61 bits per heavy atom. The highest BCUT2D eigenvalue weighted by atomic mass is 32.2. The lowest BCUT2D eigenvalue weighted by molar-refractivity contribution is -0.121. The lowest BCUT2D eigenvalue weighted by Crippen LogP contribution is -2.39. The number of fused-ring (bicyclic) bond motifs is 1. The number of nitrogens with zero attached hydrogens (tertiary/aromatic N) is 4. The first kappa shape index (κ1) is 21.0. The summed E-state index contributed by atoms with van der Waals surface area (Å²) in [4.78, 5) is 18.1. The molecule has 31 heavy (non-hydrogen) atoms. The van der Waals surface area contributed by atoms with Crippen molar-refractivity contribution in [2.45, 2.75) is 31.8 Å². The van der Waals surface area contributed by atoms with E-state index in [4.69, 9.17) is 9.26 Å². The molecule has 1 aliphatic rings. The molecule has 0 atom stereocenters.